The normalized spacial score (nSPS) is 10.1. The van der Waals surface area contributed by atoms with Gasteiger partial charge in [-0.2, -0.15) is 0 Å². The second-order valence-electron chi connectivity index (χ2n) is 3.82. The Kier molecular flexibility index (Phi) is 5.32. The monoisotopic (exact) mass is 250 g/mol. The average molecular weight is 250 g/mol. The molecule has 5 heteroatoms. The summed E-state index contributed by atoms with van der Waals surface area (Å²) >= 11 is 0. The van der Waals surface area contributed by atoms with Crippen LogP contribution in [0.5, 0.6) is 0 Å². The van der Waals surface area contributed by atoms with Gasteiger partial charge in [0.2, 0.25) is 0 Å². The molecule has 18 heavy (non-hydrogen) atoms. The molecule has 1 heterocycles. The molecule has 0 aliphatic carbocycles. The van der Waals surface area contributed by atoms with Crippen LogP contribution >= 0.6 is 0 Å². The van der Waals surface area contributed by atoms with Crippen LogP contribution in [0.15, 0.2) is 24.8 Å². The SMILES string of the molecule is C=CCN(CCO)c1cc(C(=O)O)cc(CC)n1. The largest absolute Gasteiger partial charge is 0.478 e. The Labute approximate surface area is 106 Å². The lowest BCUT2D eigenvalue weighted by molar-refractivity contribution is 0.0696. The van der Waals surface area contributed by atoms with Gasteiger partial charge < -0.3 is 15.1 Å². The van der Waals surface area contributed by atoms with E-state index in [0.717, 1.165) is 5.69 Å². The van der Waals surface area contributed by atoms with Crippen LogP contribution in [0.3, 0.4) is 0 Å². The molecule has 2 N–H and O–H groups in total. The lowest BCUT2D eigenvalue weighted by Crippen LogP contribution is -2.28. The maximum Gasteiger partial charge on any atom is 0.335 e. The van der Waals surface area contributed by atoms with Gasteiger partial charge in [-0.25, -0.2) is 9.78 Å². The predicted molar refractivity (Wildman–Crippen MR) is 70.1 cm³/mol. The number of anilines is 1. The molecule has 0 atom stereocenters. The fourth-order valence-corrected chi connectivity index (χ4v) is 1.61. The number of nitrogens with zero attached hydrogens (tertiary/aromatic N) is 2. The molecule has 0 unspecified atom stereocenters. The molecule has 0 saturated carbocycles. The van der Waals surface area contributed by atoms with E-state index >= 15 is 0 Å². The fourth-order valence-electron chi connectivity index (χ4n) is 1.61. The zero-order valence-electron chi connectivity index (χ0n) is 10.5. The summed E-state index contributed by atoms with van der Waals surface area (Å²) in [6, 6.07) is 3.08. The van der Waals surface area contributed by atoms with Gasteiger partial charge >= 0.3 is 5.97 Å². The zero-order chi connectivity index (χ0) is 13.5. The molecule has 0 saturated heterocycles. The number of hydrogen-bond donors (Lipinski definition) is 2. The van der Waals surface area contributed by atoms with Gasteiger partial charge in [0.25, 0.3) is 0 Å². The van der Waals surface area contributed by atoms with Gasteiger partial charge in [0.05, 0.1) is 12.2 Å². The number of carboxylic acid groups (broad SMARTS) is 1. The minimum atomic E-state index is -0.976. The van der Waals surface area contributed by atoms with E-state index in [1.807, 2.05) is 6.92 Å². The molecule has 5 nitrogen and oxygen atoms in total. The molecule has 1 aromatic heterocycles. The van der Waals surface area contributed by atoms with Gasteiger partial charge in [-0.1, -0.05) is 13.0 Å². The number of hydrogen-bond acceptors (Lipinski definition) is 4. The first-order valence-electron chi connectivity index (χ1n) is 5.83. The van der Waals surface area contributed by atoms with E-state index in [0.29, 0.717) is 25.3 Å². The van der Waals surface area contributed by atoms with Crippen molar-refractivity contribution in [3.05, 3.63) is 36.0 Å². The average Bonchev–Trinajstić information content (AvgIpc) is 2.37. The van der Waals surface area contributed by atoms with E-state index in [2.05, 4.69) is 11.6 Å². The van der Waals surface area contributed by atoms with Gasteiger partial charge in [0.1, 0.15) is 5.82 Å². The molecule has 0 bridgehead atoms. The van der Waals surface area contributed by atoms with Crippen LogP contribution in [0.25, 0.3) is 0 Å². The maximum absolute atomic E-state index is 11.0. The van der Waals surface area contributed by atoms with E-state index < -0.39 is 5.97 Å². The van der Waals surface area contributed by atoms with Gasteiger partial charge in [-0.3, -0.25) is 0 Å². The van der Waals surface area contributed by atoms with Crippen molar-refractivity contribution in [1.82, 2.24) is 4.98 Å². The first-order chi connectivity index (χ1) is 8.62. The smallest absolute Gasteiger partial charge is 0.335 e. The van der Waals surface area contributed by atoms with Crippen molar-refractivity contribution in [3.63, 3.8) is 0 Å². The number of rotatable bonds is 7. The van der Waals surface area contributed by atoms with Gasteiger partial charge in [0.15, 0.2) is 0 Å². The van der Waals surface area contributed by atoms with Crippen LogP contribution in [0, 0.1) is 0 Å². The van der Waals surface area contributed by atoms with Crippen LogP contribution < -0.4 is 4.90 Å². The highest BCUT2D eigenvalue weighted by molar-refractivity contribution is 5.88. The Bertz CT molecular complexity index is 432. The van der Waals surface area contributed by atoms with Gasteiger partial charge in [0, 0.05) is 18.8 Å². The maximum atomic E-state index is 11.0. The number of aliphatic hydroxyl groups is 1. The minimum Gasteiger partial charge on any atom is -0.478 e. The topological polar surface area (TPSA) is 73.7 Å². The number of carbonyl (C=O) groups is 1. The summed E-state index contributed by atoms with van der Waals surface area (Å²) in [5.74, 6) is -0.420. The van der Waals surface area contributed by atoms with E-state index in [-0.39, 0.29) is 12.2 Å². The third-order valence-corrected chi connectivity index (χ3v) is 2.52. The second kappa shape index (κ2) is 6.76. The molecule has 0 fully saturated rings. The molecule has 0 aliphatic rings. The molecule has 0 aromatic carbocycles. The molecular formula is C13H18N2O3. The van der Waals surface area contributed by atoms with E-state index in [4.69, 9.17) is 10.2 Å². The number of aromatic carboxylic acids is 1. The van der Waals surface area contributed by atoms with Gasteiger partial charge in [-0.05, 0) is 18.6 Å². The van der Waals surface area contributed by atoms with Crippen molar-refractivity contribution in [2.24, 2.45) is 0 Å². The summed E-state index contributed by atoms with van der Waals surface area (Å²) in [6.45, 7) is 6.45. The first-order valence-corrected chi connectivity index (χ1v) is 5.83. The Morgan fingerprint density at radius 1 is 1.56 bits per heavy atom. The molecule has 0 amide bonds. The van der Waals surface area contributed by atoms with Crippen molar-refractivity contribution in [1.29, 1.82) is 0 Å². The molecule has 98 valence electrons. The number of pyridine rings is 1. The molecular weight excluding hydrogens is 232 g/mol. The van der Waals surface area contributed by atoms with Gasteiger partial charge in [-0.15, -0.1) is 6.58 Å². The summed E-state index contributed by atoms with van der Waals surface area (Å²) in [5, 5.41) is 18.1. The van der Waals surface area contributed by atoms with Crippen LogP contribution in [-0.4, -0.2) is 40.9 Å². The summed E-state index contributed by atoms with van der Waals surface area (Å²) in [6.07, 6.45) is 2.35. The predicted octanol–water partition coefficient (Wildman–Crippen LogP) is 1.33. The Morgan fingerprint density at radius 2 is 2.28 bits per heavy atom. The third kappa shape index (κ3) is 3.56. The van der Waals surface area contributed by atoms with Crippen LogP contribution in [-0.2, 0) is 6.42 Å². The van der Waals surface area contributed by atoms with Crippen LogP contribution in [0.1, 0.15) is 23.0 Å². The zero-order valence-corrected chi connectivity index (χ0v) is 10.5. The number of aromatic nitrogens is 1. The Hall–Kier alpha value is -1.88. The van der Waals surface area contributed by atoms with E-state index in [1.165, 1.54) is 6.07 Å². The molecule has 1 aromatic rings. The summed E-state index contributed by atoms with van der Waals surface area (Å²) in [7, 11) is 0. The van der Waals surface area contributed by atoms with E-state index in [9.17, 15) is 4.79 Å². The Balaban J connectivity index is 3.14. The highest BCUT2D eigenvalue weighted by Crippen LogP contribution is 2.16. The lowest BCUT2D eigenvalue weighted by atomic mass is 10.2. The molecule has 0 radical (unpaired) electrons. The molecule has 1 rings (SSSR count). The standard InChI is InChI=1S/C13H18N2O3/c1-3-5-15(6-7-16)12-9-10(13(17)18)8-11(4-2)14-12/h3,8-9,16H,1,4-7H2,2H3,(H,17,18). The third-order valence-electron chi connectivity index (χ3n) is 2.52. The van der Waals surface area contributed by atoms with Crippen molar-refractivity contribution < 1.29 is 15.0 Å². The summed E-state index contributed by atoms with van der Waals surface area (Å²) in [5.41, 5.74) is 0.931. The van der Waals surface area contributed by atoms with E-state index in [1.54, 1.807) is 17.0 Å². The first kappa shape index (κ1) is 14.2. The number of carboxylic acids is 1. The second-order valence-corrected chi connectivity index (χ2v) is 3.82. The number of aliphatic hydroxyl groups excluding tert-OH is 1. The van der Waals surface area contributed by atoms with Crippen molar-refractivity contribution in [2.45, 2.75) is 13.3 Å². The quantitative estimate of drug-likeness (QED) is 0.714. The summed E-state index contributed by atoms with van der Waals surface area (Å²) < 4.78 is 0. The number of aryl methyl sites for hydroxylation is 1. The Morgan fingerprint density at radius 3 is 2.78 bits per heavy atom. The minimum absolute atomic E-state index is 0.0196. The fraction of sp³-hybridized carbons (Fsp3) is 0.385. The lowest BCUT2D eigenvalue weighted by Gasteiger charge is -2.22. The van der Waals surface area contributed by atoms with Crippen LogP contribution in [0.2, 0.25) is 0 Å². The highest BCUT2D eigenvalue weighted by atomic mass is 16.4. The molecule has 0 spiro atoms. The van der Waals surface area contributed by atoms with Crippen molar-refractivity contribution in [2.75, 3.05) is 24.6 Å². The van der Waals surface area contributed by atoms with Crippen molar-refractivity contribution >= 4 is 11.8 Å². The van der Waals surface area contributed by atoms with Crippen molar-refractivity contribution in [3.8, 4) is 0 Å². The summed E-state index contributed by atoms with van der Waals surface area (Å²) in [4.78, 5) is 17.2. The molecule has 0 aliphatic heterocycles. The van der Waals surface area contributed by atoms with Crippen LogP contribution in [0.4, 0.5) is 5.82 Å². The highest BCUT2D eigenvalue weighted by Gasteiger charge is 2.12.